The molecule has 0 aliphatic carbocycles. The minimum Gasteiger partial charge on any atom is -0.493 e. The van der Waals surface area contributed by atoms with Gasteiger partial charge in [0.25, 0.3) is 0 Å². The predicted molar refractivity (Wildman–Crippen MR) is 126 cm³/mol. The van der Waals surface area contributed by atoms with Crippen LogP contribution in [0.15, 0.2) is 60.7 Å². The zero-order valence-corrected chi connectivity index (χ0v) is 19.3. The Kier molecular flexibility index (Phi) is 7.37. The van der Waals surface area contributed by atoms with Crippen LogP contribution in [-0.2, 0) is 11.8 Å². The molecule has 0 N–H and O–H groups in total. The first-order chi connectivity index (χ1) is 14.8. The molecule has 0 amide bonds. The van der Waals surface area contributed by atoms with Crippen LogP contribution in [0.3, 0.4) is 0 Å². The lowest BCUT2D eigenvalue weighted by Gasteiger charge is -2.27. The van der Waals surface area contributed by atoms with Crippen molar-refractivity contribution in [3.63, 3.8) is 0 Å². The summed E-state index contributed by atoms with van der Waals surface area (Å²) in [6.45, 7) is 11.5. The summed E-state index contributed by atoms with van der Waals surface area (Å²) in [7, 11) is 0. The van der Waals surface area contributed by atoms with Crippen LogP contribution >= 0.6 is 0 Å². The number of para-hydroxylation sites is 1. The molecular formula is C28H33FO2. The Balaban J connectivity index is 1.66. The highest BCUT2D eigenvalue weighted by Gasteiger charge is 2.22. The van der Waals surface area contributed by atoms with E-state index in [2.05, 4.69) is 39.8 Å². The van der Waals surface area contributed by atoms with Gasteiger partial charge in [-0.1, -0.05) is 50.2 Å². The van der Waals surface area contributed by atoms with Gasteiger partial charge in [0, 0.05) is 0 Å². The fourth-order valence-corrected chi connectivity index (χ4v) is 3.99. The Hall–Kier alpha value is -2.81. The predicted octanol–water partition coefficient (Wildman–Crippen LogP) is 7.93. The summed E-state index contributed by atoms with van der Waals surface area (Å²) in [4.78, 5) is 0. The summed E-state index contributed by atoms with van der Waals surface area (Å²) < 4.78 is 25.7. The summed E-state index contributed by atoms with van der Waals surface area (Å²) in [5.74, 6) is 1.58. The van der Waals surface area contributed by atoms with Gasteiger partial charge in [-0.05, 0) is 92.0 Å². The van der Waals surface area contributed by atoms with Crippen LogP contribution in [0.25, 0.3) is 0 Å². The highest BCUT2D eigenvalue weighted by atomic mass is 19.1. The van der Waals surface area contributed by atoms with E-state index in [1.807, 2.05) is 49.4 Å². The van der Waals surface area contributed by atoms with Gasteiger partial charge in [0.15, 0.2) is 11.6 Å². The van der Waals surface area contributed by atoms with Gasteiger partial charge in [0.2, 0.25) is 0 Å². The van der Waals surface area contributed by atoms with Gasteiger partial charge in [-0.2, -0.15) is 0 Å². The van der Waals surface area contributed by atoms with Gasteiger partial charge >= 0.3 is 0 Å². The Bertz CT molecular complexity index is 986. The highest BCUT2D eigenvalue weighted by molar-refractivity contribution is 5.45. The molecule has 3 rings (SSSR count). The number of rotatable bonds is 9. The lowest BCUT2D eigenvalue weighted by molar-refractivity contribution is 0.335. The van der Waals surface area contributed by atoms with E-state index in [4.69, 9.17) is 9.47 Å². The van der Waals surface area contributed by atoms with E-state index in [1.165, 1.54) is 22.8 Å². The average molecular weight is 421 g/mol. The van der Waals surface area contributed by atoms with Crippen molar-refractivity contribution in [3.8, 4) is 17.2 Å². The first-order valence-electron chi connectivity index (χ1n) is 11.1. The minimum atomic E-state index is -0.340. The molecule has 0 saturated carbocycles. The smallest absolute Gasteiger partial charge is 0.165 e. The van der Waals surface area contributed by atoms with E-state index in [9.17, 15) is 4.39 Å². The van der Waals surface area contributed by atoms with E-state index in [1.54, 1.807) is 0 Å². The molecule has 31 heavy (non-hydrogen) atoms. The lowest BCUT2D eigenvalue weighted by Crippen LogP contribution is -2.18. The van der Waals surface area contributed by atoms with Crippen LogP contribution < -0.4 is 9.47 Å². The van der Waals surface area contributed by atoms with Gasteiger partial charge in [-0.15, -0.1) is 0 Å². The maximum absolute atomic E-state index is 14.2. The summed E-state index contributed by atoms with van der Waals surface area (Å²) in [6, 6.07) is 19.0. The van der Waals surface area contributed by atoms with E-state index in [0.29, 0.717) is 12.4 Å². The van der Waals surface area contributed by atoms with Crippen molar-refractivity contribution < 1.29 is 13.9 Å². The molecular weight excluding hydrogens is 387 g/mol. The van der Waals surface area contributed by atoms with Crippen LogP contribution in [0, 0.1) is 19.7 Å². The highest BCUT2D eigenvalue weighted by Crippen LogP contribution is 2.35. The standard InChI is InChI=1S/C28H33FO2/c1-6-30-27-20(2)17-23(18-21(27)3)28(4,5)16-10-11-22-14-15-25(29)26(19-22)31-24-12-8-7-9-13-24/h7-9,12-15,17-19H,6,10-11,16H2,1-5H3. The summed E-state index contributed by atoms with van der Waals surface area (Å²) >= 11 is 0. The average Bonchev–Trinajstić information content (AvgIpc) is 2.73. The number of halogens is 1. The molecule has 0 aliphatic rings. The number of hydrogen-bond acceptors (Lipinski definition) is 2. The zero-order valence-electron chi connectivity index (χ0n) is 19.3. The first-order valence-corrected chi connectivity index (χ1v) is 11.1. The largest absolute Gasteiger partial charge is 0.493 e. The first kappa shape index (κ1) is 22.9. The van der Waals surface area contributed by atoms with E-state index < -0.39 is 0 Å². The maximum Gasteiger partial charge on any atom is 0.165 e. The van der Waals surface area contributed by atoms with Crippen molar-refractivity contribution in [2.24, 2.45) is 0 Å². The molecule has 0 aromatic heterocycles. The third-order valence-electron chi connectivity index (χ3n) is 5.76. The van der Waals surface area contributed by atoms with Crippen LogP contribution in [0.2, 0.25) is 0 Å². The number of ether oxygens (including phenoxy) is 2. The molecule has 0 aliphatic heterocycles. The van der Waals surface area contributed by atoms with E-state index in [0.717, 1.165) is 30.6 Å². The topological polar surface area (TPSA) is 18.5 Å². The van der Waals surface area contributed by atoms with Crippen LogP contribution in [0.4, 0.5) is 4.39 Å². The second kappa shape index (κ2) is 10.00. The second-order valence-corrected chi connectivity index (χ2v) is 8.79. The molecule has 3 aromatic rings. The Labute approximate surface area is 186 Å². The van der Waals surface area contributed by atoms with Crippen molar-refractivity contribution in [1.82, 2.24) is 0 Å². The summed E-state index contributed by atoms with van der Waals surface area (Å²) in [5.41, 5.74) is 4.83. The molecule has 3 heteroatoms. The Morgan fingerprint density at radius 2 is 1.58 bits per heavy atom. The Morgan fingerprint density at radius 1 is 0.903 bits per heavy atom. The van der Waals surface area contributed by atoms with Gasteiger partial charge in [0.05, 0.1) is 6.61 Å². The molecule has 0 heterocycles. The third-order valence-corrected chi connectivity index (χ3v) is 5.76. The zero-order chi connectivity index (χ0) is 22.4. The summed E-state index contributed by atoms with van der Waals surface area (Å²) in [6.07, 6.45) is 2.92. The van der Waals surface area contributed by atoms with Crippen molar-refractivity contribution in [2.75, 3.05) is 6.61 Å². The van der Waals surface area contributed by atoms with Crippen LogP contribution in [-0.4, -0.2) is 6.61 Å². The SMILES string of the molecule is CCOc1c(C)cc(C(C)(C)CCCc2ccc(F)c(Oc3ccccc3)c2)cc1C. The van der Waals surface area contributed by atoms with E-state index >= 15 is 0 Å². The van der Waals surface area contributed by atoms with Crippen molar-refractivity contribution >= 4 is 0 Å². The number of aryl methyl sites for hydroxylation is 3. The van der Waals surface area contributed by atoms with Gasteiger partial charge < -0.3 is 9.47 Å². The molecule has 3 aromatic carbocycles. The Morgan fingerprint density at radius 3 is 2.23 bits per heavy atom. The normalized spacial score (nSPS) is 11.4. The van der Waals surface area contributed by atoms with Gasteiger partial charge in [-0.3, -0.25) is 0 Å². The maximum atomic E-state index is 14.2. The fourth-order valence-electron chi connectivity index (χ4n) is 3.99. The monoisotopic (exact) mass is 420 g/mol. The molecule has 2 nitrogen and oxygen atoms in total. The molecule has 0 saturated heterocycles. The summed E-state index contributed by atoms with van der Waals surface area (Å²) in [5, 5.41) is 0. The van der Waals surface area contributed by atoms with Gasteiger partial charge in [0.1, 0.15) is 11.5 Å². The molecule has 0 unspecified atom stereocenters. The minimum absolute atomic E-state index is 0.0453. The van der Waals surface area contributed by atoms with E-state index in [-0.39, 0.29) is 17.0 Å². The van der Waals surface area contributed by atoms with Crippen molar-refractivity contribution in [1.29, 1.82) is 0 Å². The number of benzene rings is 3. The second-order valence-electron chi connectivity index (χ2n) is 8.79. The molecule has 164 valence electrons. The third kappa shape index (κ3) is 5.88. The van der Waals surface area contributed by atoms with Crippen molar-refractivity contribution in [2.45, 2.75) is 59.3 Å². The molecule has 0 bridgehead atoms. The number of hydrogen-bond donors (Lipinski definition) is 0. The fraction of sp³-hybridized carbons (Fsp3) is 0.357. The van der Waals surface area contributed by atoms with Crippen LogP contribution in [0.5, 0.6) is 17.2 Å². The quantitative estimate of drug-likeness (QED) is 0.350. The molecule has 0 atom stereocenters. The molecule has 0 spiro atoms. The molecule has 0 fully saturated rings. The van der Waals surface area contributed by atoms with Crippen molar-refractivity contribution in [3.05, 3.63) is 88.7 Å². The van der Waals surface area contributed by atoms with Crippen LogP contribution in [0.1, 0.15) is 55.9 Å². The molecule has 0 radical (unpaired) electrons. The van der Waals surface area contributed by atoms with Gasteiger partial charge in [-0.25, -0.2) is 4.39 Å². The lowest BCUT2D eigenvalue weighted by atomic mass is 9.78.